The van der Waals surface area contributed by atoms with Gasteiger partial charge in [-0.25, -0.2) is 0 Å². The van der Waals surface area contributed by atoms with Crippen molar-refractivity contribution in [1.82, 2.24) is 15.5 Å². The van der Waals surface area contributed by atoms with Gasteiger partial charge in [0.15, 0.2) is 0 Å². The molecule has 2 heterocycles. The van der Waals surface area contributed by atoms with Crippen LogP contribution in [0.5, 0.6) is 0 Å². The van der Waals surface area contributed by atoms with E-state index in [9.17, 15) is 9.59 Å². The van der Waals surface area contributed by atoms with E-state index in [1.807, 2.05) is 0 Å². The van der Waals surface area contributed by atoms with E-state index < -0.39 is 0 Å². The third-order valence-corrected chi connectivity index (χ3v) is 4.61. The maximum Gasteiger partial charge on any atom is 0.253 e. The van der Waals surface area contributed by atoms with Gasteiger partial charge in [0.2, 0.25) is 0 Å². The van der Waals surface area contributed by atoms with Crippen LogP contribution in [-0.4, -0.2) is 48.9 Å². The SMILES string of the molecule is CN(C)C(=O)c1ccc(C(=O)NC2CC3CCC(C2)N3)cc1. The maximum atomic E-state index is 12.3. The number of benzene rings is 1. The highest BCUT2D eigenvalue weighted by Crippen LogP contribution is 2.26. The van der Waals surface area contributed by atoms with Crippen LogP contribution >= 0.6 is 0 Å². The number of rotatable bonds is 3. The average molecular weight is 301 g/mol. The summed E-state index contributed by atoms with van der Waals surface area (Å²) in [6, 6.07) is 8.25. The quantitative estimate of drug-likeness (QED) is 0.887. The summed E-state index contributed by atoms with van der Waals surface area (Å²) in [5.41, 5.74) is 1.21. The Morgan fingerprint density at radius 3 is 2.14 bits per heavy atom. The van der Waals surface area contributed by atoms with Gasteiger partial charge in [-0.2, -0.15) is 0 Å². The molecule has 2 atom stereocenters. The number of amides is 2. The summed E-state index contributed by atoms with van der Waals surface area (Å²) in [6.45, 7) is 0. The first kappa shape index (κ1) is 15.0. The lowest BCUT2D eigenvalue weighted by Gasteiger charge is -2.29. The van der Waals surface area contributed by atoms with Crippen LogP contribution in [0.15, 0.2) is 24.3 Å². The summed E-state index contributed by atoms with van der Waals surface area (Å²) in [5, 5.41) is 6.70. The van der Waals surface area contributed by atoms with Crippen LogP contribution in [0, 0.1) is 0 Å². The van der Waals surface area contributed by atoms with Crippen molar-refractivity contribution >= 4 is 11.8 Å². The molecule has 2 N–H and O–H groups in total. The summed E-state index contributed by atoms with van der Waals surface area (Å²) >= 11 is 0. The fourth-order valence-electron chi connectivity index (χ4n) is 3.47. The van der Waals surface area contributed by atoms with Crippen LogP contribution in [0.3, 0.4) is 0 Å². The fourth-order valence-corrected chi connectivity index (χ4v) is 3.47. The molecule has 2 unspecified atom stereocenters. The predicted molar refractivity (Wildman–Crippen MR) is 84.9 cm³/mol. The molecule has 2 fully saturated rings. The van der Waals surface area contributed by atoms with Gasteiger partial charge in [0, 0.05) is 43.3 Å². The van der Waals surface area contributed by atoms with Gasteiger partial charge in [-0.05, 0) is 49.9 Å². The van der Waals surface area contributed by atoms with E-state index in [1.54, 1.807) is 38.4 Å². The lowest BCUT2D eigenvalue weighted by molar-refractivity contribution is 0.0826. The number of hydrogen-bond donors (Lipinski definition) is 2. The molecule has 0 spiro atoms. The highest BCUT2D eigenvalue weighted by atomic mass is 16.2. The Balaban J connectivity index is 1.61. The van der Waals surface area contributed by atoms with E-state index in [-0.39, 0.29) is 17.9 Å². The molecule has 2 saturated heterocycles. The number of carbonyl (C=O) groups excluding carboxylic acids is 2. The van der Waals surface area contributed by atoms with Gasteiger partial charge in [-0.1, -0.05) is 0 Å². The molecule has 0 radical (unpaired) electrons. The molecule has 5 nitrogen and oxygen atoms in total. The topological polar surface area (TPSA) is 61.4 Å². The molecule has 2 bridgehead atoms. The van der Waals surface area contributed by atoms with Crippen LogP contribution in [0.2, 0.25) is 0 Å². The monoisotopic (exact) mass is 301 g/mol. The standard InChI is InChI=1S/C17H23N3O2/c1-20(2)17(22)12-5-3-11(4-6-12)16(21)19-15-9-13-7-8-14(10-15)18-13/h3-6,13-15,18H,7-10H2,1-2H3,(H,19,21). The van der Waals surface area contributed by atoms with Gasteiger partial charge in [0.05, 0.1) is 0 Å². The largest absolute Gasteiger partial charge is 0.349 e. The van der Waals surface area contributed by atoms with E-state index in [0.29, 0.717) is 23.2 Å². The van der Waals surface area contributed by atoms with Crippen LogP contribution < -0.4 is 10.6 Å². The molecule has 0 aromatic heterocycles. The van der Waals surface area contributed by atoms with E-state index >= 15 is 0 Å². The van der Waals surface area contributed by atoms with Gasteiger partial charge in [-0.15, -0.1) is 0 Å². The fraction of sp³-hybridized carbons (Fsp3) is 0.529. The van der Waals surface area contributed by atoms with Crippen LogP contribution in [0.4, 0.5) is 0 Å². The van der Waals surface area contributed by atoms with Gasteiger partial charge >= 0.3 is 0 Å². The van der Waals surface area contributed by atoms with Crippen molar-refractivity contribution in [3.63, 3.8) is 0 Å². The second-order valence-electron chi connectivity index (χ2n) is 6.56. The number of piperidine rings is 1. The van der Waals surface area contributed by atoms with Crippen LogP contribution in [0.25, 0.3) is 0 Å². The van der Waals surface area contributed by atoms with Gasteiger partial charge in [0.25, 0.3) is 11.8 Å². The van der Waals surface area contributed by atoms with Crippen molar-refractivity contribution in [3.8, 4) is 0 Å². The molecule has 118 valence electrons. The lowest BCUT2D eigenvalue weighted by Crippen LogP contribution is -2.48. The first-order valence-corrected chi connectivity index (χ1v) is 7.91. The Kier molecular flexibility index (Phi) is 4.16. The molecule has 0 saturated carbocycles. The third-order valence-electron chi connectivity index (χ3n) is 4.61. The highest BCUT2D eigenvalue weighted by Gasteiger charge is 2.34. The molecule has 2 amide bonds. The lowest BCUT2D eigenvalue weighted by atomic mass is 9.99. The molecular weight excluding hydrogens is 278 g/mol. The molecule has 2 aliphatic heterocycles. The van der Waals surface area contributed by atoms with Gasteiger partial charge in [-0.3, -0.25) is 9.59 Å². The molecule has 1 aromatic carbocycles. The van der Waals surface area contributed by atoms with Crippen molar-refractivity contribution in [1.29, 1.82) is 0 Å². The zero-order valence-corrected chi connectivity index (χ0v) is 13.1. The smallest absolute Gasteiger partial charge is 0.253 e. The number of fused-ring (bicyclic) bond motifs is 2. The maximum absolute atomic E-state index is 12.3. The summed E-state index contributed by atoms with van der Waals surface area (Å²) in [6.07, 6.45) is 4.47. The molecule has 5 heteroatoms. The van der Waals surface area contributed by atoms with Crippen LogP contribution in [-0.2, 0) is 0 Å². The minimum Gasteiger partial charge on any atom is -0.349 e. The Hall–Kier alpha value is -1.88. The van der Waals surface area contributed by atoms with E-state index in [0.717, 1.165) is 12.8 Å². The van der Waals surface area contributed by atoms with Crippen molar-refractivity contribution in [2.24, 2.45) is 0 Å². The zero-order chi connectivity index (χ0) is 15.7. The summed E-state index contributed by atoms with van der Waals surface area (Å²) in [7, 11) is 3.43. The number of nitrogens with zero attached hydrogens (tertiary/aromatic N) is 1. The second kappa shape index (κ2) is 6.08. The molecule has 0 aliphatic carbocycles. The minimum atomic E-state index is -0.0538. The zero-order valence-electron chi connectivity index (χ0n) is 13.1. The number of carbonyl (C=O) groups is 2. The van der Waals surface area contributed by atoms with Gasteiger partial charge in [0.1, 0.15) is 0 Å². The predicted octanol–water partition coefficient (Wildman–Crippen LogP) is 1.40. The molecule has 3 rings (SSSR count). The van der Waals surface area contributed by atoms with Crippen molar-refractivity contribution in [2.45, 2.75) is 43.8 Å². The van der Waals surface area contributed by atoms with Crippen molar-refractivity contribution in [3.05, 3.63) is 35.4 Å². The first-order valence-electron chi connectivity index (χ1n) is 7.91. The Labute approximate surface area is 131 Å². The molecule has 2 aliphatic rings. The summed E-state index contributed by atoms with van der Waals surface area (Å²) < 4.78 is 0. The highest BCUT2D eigenvalue weighted by molar-refractivity contribution is 5.97. The van der Waals surface area contributed by atoms with Crippen molar-refractivity contribution < 1.29 is 9.59 Å². The van der Waals surface area contributed by atoms with E-state index in [1.165, 1.54) is 17.7 Å². The summed E-state index contributed by atoms with van der Waals surface area (Å²) in [5.74, 6) is -0.1000. The second-order valence-corrected chi connectivity index (χ2v) is 6.56. The first-order chi connectivity index (χ1) is 10.5. The Morgan fingerprint density at radius 2 is 1.59 bits per heavy atom. The molecule has 22 heavy (non-hydrogen) atoms. The minimum absolute atomic E-state index is 0.0462. The Bertz CT molecular complexity index is 556. The van der Waals surface area contributed by atoms with E-state index in [2.05, 4.69) is 10.6 Å². The Morgan fingerprint density at radius 1 is 1.05 bits per heavy atom. The number of nitrogens with one attached hydrogen (secondary N) is 2. The molecular formula is C17H23N3O2. The summed E-state index contributed by atoms with van der Waals surface area (Å²) in [4.78, 5) is 25.7. The normalized spacial score (nSPS) is 26.5. The number of hydrogen-bond acceptors (Lipinski definition) is 3. The van der Waals surface area contributed by atoms with Gasteiger partial charge < -0.3 is 15.5 Å². The van der Waals surface area contributed by atoms with Crippen molar-refractivity contribution in [2.75, 3.05) is 14.1 Å². The molecule has 1 aromatic rings. The van der Waals surface area contributed by atoms with Crippen LogP contribution in [0.1, 0.15) is 46.4 Å². The average Bonchev–Trinajstić information content (AvgIpc) is 2.85. The third kappa shape index (κ3) is 3.14. The van der Waals surface area contributed by atoms with E-state index in [4.69, 9.17) is 0 Å².